The lowest BCUT2D eigenvalue weighted by Crippen LogP contribution is -2.21. The third-order valence-corrected chi connectivity index (χ3v) is 3.93. The highest BCUT2D eigenvalue weighted by molar-refractivity contribution is 9.10. The van der Waals surface area contributed by atoms with E-state index in [0.29, 0.717) is 0 Å². The monoisotopic (exact) mass is 325 g/mol. The van der Waals surface area contributed by atoms with Crippen LogP contribution < -0.4 is 10.6 Å². The number of halogens is 1. The zero-order valence-corrected chi connectivity index (χ0v) is 12.9. The molecule has 0 saturated heterocycles. The standard InChI is InChI=1S/C13H16BrN3S/c1-17(5-6-18-2)13-10-7-9(14)3-4-12(10)16-8-11(13)15/h3-4,7-8H,5-6,15H2,1-2H3. The van der Waals surface area contributed by atoms with E-state index >= 15 is 0 Å². The largest absolute Gasteiger partial charge is 0.396 e. The first kappa shape index (κ1) is 13.5. The Labute approximate surface area is 120 Å². The number of nitrogens with two attached hydrogens (primary N) is 1. The second-order valence-electron chi connectivity index (χ2n) is 4.14. The summed E-state index contributed by atoms with van der Waals surface area (Å²) < 4.78 is 1.04. The van der Waals surface area contributed by atoms with Crippen LogP contribution in [0.2, 0.25) is 0 Å². The second-order valence-corrected chi connectivity index (χ2v) is 6.04. The normalized spacial score (nSPS) is 10.8. The first-order chi connectivity index (χ1) is 8.63. The summed E-state index contributed by atoms with van der Waals surface area (Å²) >= 11 is 5.33. The molecule has 0 spiro atoms. The molecule has 0 unspecified atom stereocenters. The number of nitrogens with zero attached hydrogens (tertiary/aromatic N) is 2. The molecule has 0 amide bonds. The highest BCUT2D eigenvalue weighted by Gasteiger charge is 2.11. The number of hydrogen-bond acceptors (Lipinski definition) is 4. The lowest BCUT2D eigenvalue weighted by atomic mass is 10.1. The molecule has 0 saturated carbocycles. The summed E-state index contributed by atoms with van der Waals surface area (Å²) in [7, 11) is 2.07. The van der Waals surface area contributed by atoms with Crippen molar-refractivity contribution >= 4 is 50.0 Å². The topological polar surface area (TPSA) is 42.1 Å². The zero-order chi connectivity index (χ0) is 13.1. The van der Waals surface area contributed by atoms with Crippen molar-refractivity contribution in [3.05, 3.63) is 28.9 Å². The first-order valence-corrected chi connectivity index (χ1v) is 7.86. The van der Waals surface area contributed by atoms with Crippen LogP contribution in [0.1, 0.15) is 0 Å². The minimum atomic E-state index is 0.726. The molecule has 0 aliphatic heterocycles. The number of pyridine rings is 1. The number of thioether (sulfide) groups is 1. The molecule has 1 aromatic carbocycles. The van der Waals surface area contributed by atoms with Crippen LogP contribution in [0.15, 0.2) is 28.9 Å². The molecule has 0 radical (unpaired) electrons. The Morgan fingerprint density at radius 1 is 1.44 bits per heavy atom. The zero-order valence-electron chi connectivity index (χ0n) is 10.5. The molecule has 1 heterocycles. The van der Waals surface area contributed by atoms with E-state index in [2.05, 4.69) is 45.2 Å². The van der Waals surface area contributed by atoms with Crippen LogP contribution in [-0.4, -0.2) is 30.6 Å². The van der Waals surface area contributed by atoms with Gasteiger partial charge in [-0.15, -0.1) is 0 Å². The van der Waals surface area contributed by atoms with Crippen molar-refractivity contribution in [1.82, 2.24) is 4.98 Å². The van der Waals surface area contributed by atoms with E-state index < -0.39 is 0 Å². The van der Waals surface area contributed by atoms with E-state index in [0.717, 1.165) is 39.0 Å². The molecule has 2 aromatic rings. The van der Waals surface area contributed by atoms with Crippen molar-refractivity contribution in [1.29, 1.82) is 0 Å². The summed E-state index contributed by atoms with van der Waals surface area (Å²) in [4.78, 5) is 6.56. The second kappa shape index (κ2) is 5.80. The van der Waals surface area contributed by atoms with Crippen molar-refractivity contribution < 1.29 is 0 Å². The van der Waals surface area contributed by atoms with Crippen LogP contribution in [0.3, 0.4) is 0 Å². The van der Waals surface area contributed by atoms with Crippen molar-refractivity contribution in [2.24, 2.45) is 0 Å². The van der Waals surface area contributed by atoms with Crippen molar-refractivity contribution in [2.45, 2.75) is 0 Å². The summed E-state index contributed by atoms with van der Waals surface area (Å²) in [6, 6.07) is 6.07. The Bertz CT molecular complexity index is 554. The maximum Gasteiger partial charge on any atom is 0.0745 e. The van der Waals surface area contributed by atoms with Crippen molar-refractivity contribution in [2.75, 3.05) is 36.2 Å². The number of rotatable bonds is 4. The fourth-order valence-corrected chi connectivity index (χ4v) is 2.75. The van der Waals surface area contributed by atoms with E-state index in [1.165, 1.54) is 0 Å². The number of fused-ring (bicyclic) bond motifs is 1. The van der Waals surface area contributed by atoms with Crippen LogP contribution in [0, 0.1) is 0 Å². The molecule has 3 nitrogen and oxygen atoms in total. The van der Waals surface area contributed by atoms with Gasteiger partial charge in [0.2, 0.25) is 0 Å². The minimum Gasteiger partial charge on any atom is -0.396 e. The molecule has 0 aliphatic carbocycles. The van der Waals surface area contributed by atoms with Crippen LogP contribution >= 0.6 is 27.7 Å². The maximum atomic E-state index is 6.08. The molecule has 2 rings (SSSR count). The van der Waals surface area contributed by atoms with Gasteiger partial charge in [0, 0.05) is 29.2 Å². The smallest absolute Gasteiger partial charge is 0.0745 e. The van der Waals surface area contributed by atoms with E-state index in [9.17, 15) is 0 Å². The molecule has 0 atom stereocenters. The Morgan fingerprint density at radius 2 is 2.22 bits per heavy atom. The van der Waals surface area contributed by atoms with E-state index in [1.807, 2.05) is 23.9 Å². The molecule has 0 fully saturated rings. The molecule has 0 aliphatic rings. The molecule has 1 aromatic heterocycles. The summed E-state index contributed by atoms with van der Waals surface area (Å²) in [6.45, 7) is 0.969. The van der Waals surface area contributed by atoms with Gasteiger partial charge in [-0.3, -0.25) is 4.98 Å². The number of aromatic nitrogens is 1. The third kappa shape index (κ3) is 2.72. The third-order valence-electron chi connectivity index (χ3n) is 2.84. The van der Waals surface area contributed by atoms with Gasteiger partial charge in [0.25, 0.3) is 0 Å². The summed E-state index contributed by atoms with van der Waals surface area (Å²) in [5.74, 6) is 1.08. The SMILES string of the molecule is CSCCN(C)c1c(N)cnc2ccc(Br)cc12. The minimum absolute atomic E-state index is 0.726. The Kier molecular flexibility index (Phi) is 4.35. The molecular weight excluding hydrogens is 310 g/mol. The Morgan fingerprint density at radius 3 is 2.94 bits per heavy atom. The van der Waals surface area contributed by atoms with Crippen molar-refractivity contribution in [3.8, 4) is 0 Å². The van der Waals surface area contributed by atoms with Gasteiger partial charge in [-0.25, -0.2) is 0 Å². The quantitative estimate of drug-likeness (QED) is 0.935. The fraction of sp³-hybridized carbons (Fsp3) is 0.308. The van der Waals surface area contributed by atoms with Crippen LogP contribution in [0.25, 0.3) is 10.9 Å². The van der Waals surface area contributed by atoms with Gasteiger partial charge >= 0.3 is 0 Å². The molecular formula is C13H16BrN3S. The maximum absolute atomic E-state index is 6.08. The van der Waals surface area contributed by atoms with Gasteiger partial charge in [0.1, 0.15) is 0 Å². The van der Waals surface area contributed by atoms with E-state index in [4.69, 9.17) is 5.73 Å². The van der Waals surface area contributed by atoms with Crippen LogP contribution in [-0.2, 0) is 0 Å². The van der Waals surface area contributed by atoms with Crippen LogP contribution in [0.4, 0.5) is 11.4 Å². The van der Waals surface area contributed by atoms with Crippen molar-refractivity contribution in [3.63, 3.8) is 0 Å². The molecule has 96 valence electrons. The molecule has 2 N–H and O–H groups in total. The van der Waals surface area contributed by atoms with Gasteiger partial charge in [0.05, 0.1) is 23.1 Å². The van der Waals surface area contributed by atoms with Crippen LogP contribution in [0.5, 0.6) is 0 Å². The number of nitrogen functional groups attached to an aromatic ring is 1. The Balaban J connectivity index is 2.52. The fourth-order valence-electron chi connectivity index (χ4n) is 1.93. The lowest BCUT2D eigenvalue weighted by molar-refractivity contribution is 0.984. The van der Waals surface area contributed by atoms with Gasteiger partial charge in [0.15, 0.2) is 0 Å². The van der Waals surface area contributed by atoms with E-state index in [-0.39, 0.29) is 0 Å². The highest BCUT2D eigenvalue weighted by atomic mass is 79.9. The predicted octanol–water partition coefficient (Wildman–Crippen LogP) is 3.38. The average Bonchev–Trinajstić information content (AvgIpc) is 2.35. The number of anilines is 2. The van der Waals surface area contributed by atoms with Gasteiger partial charge < -0.3 is 10.6 Å². The van der Waals surface area contributed by atoms with E-state index in [1.54, 1.807) is 6.20 Å². The van der Waals surface area contributed by atoms with Gasteiger partial charge in [-0.2, -0.15) is 11.8 Å². The molecule has 18 heavy (non-hydrogen) atoms. The first-order valence-electron chi connectivity index (χ1n) is 5.67. The Hall–Kier alpha value is -0.940. The molecule has 5 heteroatoms. The molecule has 0 bridgehead atoms. The lowest BCUT2D eigenvalue weighted by Gasteiger charge is -2.22. The number of benzene rings is 1. The predicted molar refractivity (Wildman–Crippen MR) is 85.5 cm³/mol. The van der Waals surface area contributed by atoms with Gasteiger partial charge in [-0.1, -0.05) is 15.9 Å². The van der Waals surface area contributed by atoms with Gasteiger partial charge in [-0.05, 0) is 24.5 Å². The summed E-state index contributed by atoms with van der Waals surface area (Å²) in [5, 5.41) is 1.09. The average molecular weight is 326 g/mol. The highest BCUT2D eigenvalue weighted by Crippen LogP contribution is 2.32. The summed E-state index contributed by atoms with van der Waals surface area (Å²) in [5.41, 5.74) is 8.85. The number of hydrogen-bond donors (Lipinski definition) is 1. The summed E-state index contributed by atoms with van der Waals surface area (Å²) in [6.07, 6.45) is 3.85.